The Kier molecular flexibility index (Phi) is 4.34. The summed E-state index contributed by atoms with van der Waals surface area (Å²) >= 11 is 1.29. The first-order chi connectivity index (χ1) is 9.51. The number of nitrogens with two attached hydrogens (primary N) is 1. The first-order valence-electron chi connectivity index (χ1n) is 5.91. The van der Waals surface area contributed by atoms with Crippen molar-refractivity contribution in [3.05, 3.63) is 47.7 Å². The van der Waals surface area contributed by atoms with Crippen molar-refractivity contribution in [1.82, 2.24) is 0 Å². The monoisotopic (exact) mass is 295 g/mol. The van der Waals surface area contributed by atoms with Gasteiger partial charge >= 0.3 is 5.97 Å². The number of carbonyl (C=O) groups excluding carboxylic acids is 1. The Morgan fingerprint density at radius 3 is 2.80 bits per heavy atom. The molecule has 0 fully saturated rings. The van der Waals surface area contributed by atoms with E-state index in [4.69, 9.17) is 10.2 Å². The van der Waals surface area contributed by atoms with E-state index in [9.17, 15) is 9.18 Å². The molecule has 1 unspecified atom stereocenters. The minimum Gasteiger partial charge on any atom is -0.463 e. The Hall–Kier alpha value is -1.95. The molecule has 0 saturated heterocycles. The summed E-state index contributed by atoms with van der Waals surface area (Å²) in [6.45, 7) is 1.86. The third-order valence-electron chi connectivity index (χ3n) is 2.67. The van der Waals surface area contributed by atoms with Crippen LogP contribution in [0, 0.1) is 5.82 Å². The standard InChI is InChI=1S/C14H14FNO3S/c1-8(11-4-5-12(19-11)14(17)18-2)20-13-6-3-9(16)7-10(13)15/h3-8H,16H2,1-2H3. The van der Waals surface area contributed by atoms with E-state index < -0.39 is 5.97 Å². The molecular formula is C14H14FNO3S. The number of rotatable bonds is 4. The number of methoxy groups -OCH3 is 1. The molecule has 0 bridgehead atoms. The molecule has 1 atom stereocenters. The zero-order valence-corrected chi connectivity index (χ0v) is 11.9. The maximum absolute atomic E-state index is 13.7. The molecule has 2 aromatic rings. The van der Waals surface area contributed by atoms with E-state index in [-0.39, 0.29) is 16.8 Å². The molecular weight excluding hydrogens is 281 g/mol. The number of benzene rings is 1. The molecule has 0 aliphatic heterocycles. The van der Waals surface area contributed by atoms with Crippen molar-refractivity contribution >= 4 is 23.4 Å². The van der Waals surface area contributed by atoms with Gasteiger partial charge in [-0.15, -0.1) is 11.8 Å². The van der Waals surface area contributed by atoms with Crippen LogP contribution in [0.25, 0.3) is 0 Å². The van der Waals surface area contributed by atoms with Gasteiger partial charge in [-0.2, -0.15) is 0 Å². The van der Waals surface area contributed by atoms with Crippen LogP contribution in [0.2, 0.25) is 0 Å². The predicted octanol–water partition coefficient (Wildman–Crippen LogP) is 3.64. The number of halogens is 1. The summed E-state index contributed by atoms with van der Waals surface area (Å²) in [6, 6.07) is 7.75. The highest BCUT2D eigenvalue weighted by molar-refractivity contribution is 7.99. The lowest BCUT2D eigenvalue weighted by atomic mass is 10.3. The van der Waals surface area contributed by atoms with Gasteiger partial charge in [0.15, 0.2) is 0 Å². The summed E-state index contributed by atoms with van der Waals surface area (Å²) in [4.78, 5) is 11.8. The van der Waals surface area contributed by atoms with Crippen LogP contribution in [-0.2, 0) is 4.74 Å². The highest BCUT2D eigenvalue weighted by Gasteiger charge is 2.17. The maximum atomic E-state index is 13.7. The highest BCUT2D eigenvalue weighted by atomic mass is 32.2. The van der Waals surface area contributed by atoms with Crippen LogP contribution in [0.4, 0.5) is 10.1 Å². The number of furan rings is 1. The second kappa shape index (κ2) is 6.00. The van der Waals surface area contributed by atoms with Crippen molar-refractivity contribution in [3.8, 4) is 0 Å². The van der Waals surface area contributed by atoms with Gasteiger partial charge in [0.25, 0.3) is 0 Å². The highest BCUT2D eigenvalue weighted by Crippen LogP contribution is 2.37. The molecule has 0 aliphatic carbocycles. The van der Waals surface area contributed by atoms with Crippen LogP contribution in [-0.4, -0.2) is 13.1 Å². The quantitative estimate of drug-likeness (QED) is 0.530. The molecule has 1 aromatic heterocycles. The van der Waals surface area contributed by atoms with Gasteiger partial charge in [-0.1, -0.05) is 0 Å². The van der Waals surface area contributed by atoms with Gasteiger partial charge in [-0.05, 0) is 37.3 Å². The normalized spacial score (nSPS) is 12.2. The zero-order chi connectivity index (χ0) is 14.7. The van der Waals surface area contributed by atoms with E-state index in [0.29, 0.717) is 16.3 Å². The van der Waals surface area contributed by atoms with Crippen LogP contribution in [0.3, 0.4) is 0 Å². The summed E-state index contributed by atoms with van der Waals surface area (Å²) in [6.07, 6.45) is 0. The summed E-state index contributed by atoms with van der Waals surface area (Å²) < 4.78 is 23.7. The van der Waals surface area contributed by atoms with Crippen molar-refractivity contribution in [1.29, 1.82) is 0 Å². The molecule has 1 aromatic carbocycles. The Morgan fingerprint density at radius 2 is 2.15 bits per heavy atom. The number of carbonyl (C=O) groups is 1. The van der Waals surface area contributed by atoms with Crippen molar-refractivity contribution in [3.63, 3.8) is 0 Å². The number of esters is 1. The Morgan fingerprint density at radius 1 is 1.40 bits per heavy atom. The molecule has 4 nitrogen and oxygen atoms in total. The Labute approximate surface area is 120 Å². The van der Waals surface area contributed by atoms with Gasteiger partial charge in [-0.25, -0.2) is 9.18 Å². The molecule has 0 spiro atoms. The molecule has 1 heterocycles. The fourth-order valence-corrected chi connectivity index (χ4v) is 2.58. The predicted molar refractivity (Wildman–Crippen MR) is 75.1 cm³/mol. The van der Waals surface area contributed by atoms with Gasteiger partial charge in [0, 0.05) is 10.6 Å². The van der Waals surface area contributed by atoms with E-state index in [1.54, 1.807) is 18.2 Å². The largest absolute Gasteiger partial charge is 0.463 e. The number of hydrogen-bond donors (Lipinski definition) is 1. The first kappa shape index (κ1) is 14.5. The number of hydrogen-bond acceptors (Lipinski definition) is 5. The molecule has 6 heteroatoms. The molecule has 2 N–H and O–H groups in total. The lowest BCUT2D eigenvalue weighted by molar-refractivity contribution is 0.0563. The summed E-state index contributed by atoms with van der Waals surface area (Å²) in [5.41, 5.74) is 5.88. The molecule has 2 rings (SSSR count). The second-order valence-corrected chi connectivity index (χ2v) is 5.53. The maximum Gasteiger partial charge on any atom is 0.373 e. The lowest BCUT2D eigenvalue weighted by Crippen LogP contribution is -1.98. The topological polar surface area (TPSA) is 65.5 Å². The van der Waals surface area contributed by atoms with E-state index in [0.717, 1.165) is 0 Å². The smallest absolute Gasteiger partial charge is 0.373 e. The average Bonchev–Trinajstić information content (AvgIpc) is 2.90. The summed E-state index contributed by atoms with van der Waals surface area (Å²) in [5, 5.41) is -0.147. The zero-order valence-electron chi connectivity index (χ0n) is 11.1. The van der Waals surface area contributed by atoms with Gasteiger partial charge in [0.05, 0.1) is 12.4 Å². The van der Waals surface area contributed by atoms with Gasteiger partial charge in [0.1, 0.15) is 11.6 Å². The minimum atomic E-state index is -0.535. The minimum absolute atomic E-state index is 0.132. The van der Waals surface area contributed by atoms with Crippen LogP contribution in [0.1, 0.15) is 28.5 Å². The molecule has 0 amide bonds. The number of ether oxygens (including phenoxy) is 1. The lowest BCUT2D eigenvalue weighted by Gasteiger charge is -2.09. The van der Waals surface area contributed by atoms with E-state index >= 15 is 0 Å². The SMILES string of the molecule is COC(=O)c1ccc(C(C)Sc2ccc(N)cc2F)o1. The molecule has 0 radical (unpaired) electrons. The second-order valence-electron chi connectivity index (χ2n) is 4.14. The fourth-order valence-electron chi connectivity index (χ4n) is 1.64. The number of thioether (sulfide) groups is 1. The molecule has 106 valence electrons. The molecule has 0 saturated carbocycles. The van der Waals surface area contributed by atoms with E-state index in [2.05, 4.69) is 4.74 Å². The first-order valence-corrected chi connectivity index (χ1v) is 6.79. The van der Waals surface area contributed by atoms with Crippen molar-refractivity contribution in [2.75, 3.05) is 12.8 Å². The van der Waals surface area contributed by atoms with Crippen LogP contribution in [0.5, 0.6) is 0 Å². The Balaban J connectivity index is 2.13. The van der Waals surface area contributed by atoms with Crippen molar-refractivity contribution in [2.24, 2.45) is 0 Å². The van der Waals surface area contributed by atoms with Crippen LogP contribution >= 0.6 is 11.8 Å². The Bertz CT molecular complexity index is 627. The molecule has 20 heavy (non-hydrogen) atoms. The third kappa shape index (κ3) is 3.14. The van der Waals surface area contributed by atoms with Crippen LogP contribution in [0.15, 0.2) is 39.6 Å². The van der Waals surface area contributed by atoms with Crippen LogP contribution < -0.4 is 5.73 Å². The number of nitrogen functional groups attached to an aromatic ring is 1. The molecule has 0 aliphatic rings. The van der Waals surface area contributed by atoms with Crippen molar-refractivity contribution in [2.45, 2.75) is 17.1 Å². The van der Waals surface area contributed by atoms with Gasteiger partial charge in [0.2, 0.25) is 5.76 Å². The van der Waals surface area contributed by atoms with Gasteiger partial charge in [-0.3, -0.25) is 0 Å². The summed E-state index contributed by atoms with van der Waals surface area (Å²) in [5.74, 6) is -0.201. The fraction of sp³-hybridized carbons (Fsp3) is 0.214. The third-order valence-corrected chi connectivity index (χ3v) is 3.84. The van der Waals surface area contributed by atoms with E-state index in [1.807, 2.05) is 6.92 Å². The van der Waals surface area contributed by atoms with E-state index in [1.165, 1.54) is 31.0 Å². The average molecular weight is 295 g/mol. The van der Waals surface area contributed by atoms with Crippen molar-refractivity contribution < 1.29 is 18.3 Å². The van der Waals surface area contributed by atoms with Gasteiger partial charge < -0.3 is 14.9 Å². The number of anilines is 1. The summed E-state index contributed by atoms with van der Waals surface area (Å²) in [7, 11) is 1.28.